The molecule has 3 saturated heterocycles. The molecule has 25 heavy (non-hydrogen) atoms. The second-order valence-electron chi connectivity index (χ2n) is 6.93. The van der Waals surface area contributed by atoms with Gasteiger partial charge in [0.25, 0.3) is 0 Å². The van der Waals surface area contributed by atoms with Crippen LogP contribution in [0.15, 0.2) is 12.4 Å². The predicted octanol–water partition coefficient (Wildman–Crippen LogP) is -0.320. The highest BCUT2D eigenvalue weighted by Crippen LogP contribution is 2.30. The molecule has 3 aliphatic rings. The van der Waals surface area contributed by atoms with Gasteiger partial charge in [-0.05, 0) is 19.3 Å². The van der Waals surface area contributed by atoms with E-state index in [4.69, 9.17) is 4.74 Å². The van der Waals surface area contributed by atoms with Gasteiger partial charge in [-0.15, -0.1) is 0 Å². The van der Waals surface area contributed by atoms with Crippen LogP contribution in [-0.4, -0.2) is 71.7 Å². The van der Waals surface area contributed by atoms with Crippen molar-refractivity contribution < 1.29 is 13.9 Å². The molecular weight excluding hydrogens is 327 g/mol. The molecule has 0 radical (unpaired) electrons. The van der Waals surface area contributed by atoms with E-state index in [0.717, 1.165) is 32.4 Å². The van der Waals surface area contributed by atoms with E-state index >= 15 is 0 Å². The van der Waals surface area contributed by atoms with Crippen LogP contribution in [0.4, 0.5) is 10.3 Å². The Kier molecular flexibility index (Phi) is 4.53. The molecule has 8 nitrogen and oxygen atoms in total. The van der Waals surface area contributed by atoms with Gasteiger partial charge < -0.3 is 14.5 Å². The van der Waals surface area contributed by atoms with Crippen LogP contribution in [-0.2, 0) is 9.53 Å². The number of carbonyl (C=O) groups is 1. The molecule has 0 aromatic carbocycles. The minimum Gasteiger partial charge on any atom is -0.369 e. The monoisotopic (exact) mass is 350 g/mol. The molecule has 2 unspecified atom stereocenters. The second-order valence-corrected chi connectivity index (χ2v) is 6.93. The van der Waals surface area contributed by atoms with Crippen molar-refractivity contribution in [2.24, 2.45) is 0 Å². The van der Waals surface area contributed by atoms with Crippen LogP contribution >= 0.6 is 0 Å². The fourth-order valence-electron chi connectivity index (χ4n) is 3.91. The van der Waals surface area contributed by atoms with Gasteiger partial charge in [0.2, 0.25) is 11.9 Å². The van der Waals surface area contributed by atoms with E-state index in [1.54, 1.807) is 0 Å². The number of anilines is 1. The number of amides is 1. The normalized spacial score (nSPS) is 30.0. The number of piperidine rings is 1. The molecule has 3 aliphatic heterocycles. The number of nitrogens with one attached hydrogen (secondary N) is 2. The Morgan fingerprint density at radius 3 is 2.92 bits per heavy atom. The number of carbonyl (C=O) groups excluding carboxylic acids is 1. The average Bonchev–Trinajstić information content (AvgIpc) is 3.16. The molecule has 4 rings (SSSR count). The van der Waals surface area contributed by atoms with E-state index in [2.05, 4.69) is 20.8 Å². The maximum atomic E-state index is 13.1. The molecular formula is C16H23FN6O2. The van der Waals surface area contributed by atoms with E-state index in [1.807, 2.05) is 9.80 Å². The van der Waals surface area contributed by atoms with Gasteiger partial charge in [0.15, 0.2) is 5.82 Å². The number of hydrogen-bond acceptors (Lipinski definition) is 7. The van der Waals surface area contributed by atoms with Gasteiger partial charge in [-0.3, -0.25) is 10.2 Å². The lowest BCUT2D eigenvalue weighted by atomic mass is 9.90. The van der Waals surface area contributed by atoms with E-state index in [0.29, 0.717) is 32.2 Å². The minimum absolute atomic E-state index is 0.128. The fraction of sp³-hybridized carbons (Fsp3) is 0.688. The molecule has 3 fully saturated rings. The maximum absolute atomic E-state index is 13.1. The summed E-state index contributed by atoms with van der Waals surface area (Å²) in [5.74, 6) is 0.191. The largest absolute Gasteiger partial charge is 0.369 e. The number of hydrazine groups is 1. The number of ether oxygens (including phenoxy) is 1. The Labute approximate surface area is 145 Å². The molecule has 2 atom stereocenters. The van der Waals surface area contributed by atoms with E-state index in [1.165, 1.54) is 12.4 Å². The first-order chi connectivity index (χ1) is 12.2. The zero-order valence-corrected chi connectivity index (χ0v) is 14.1. The summed E-state index contributed by atoms with van der Waals surface area (Å²) >= 11 is 0. The third kappa shape index (κ3) is 3.44. The van der Waals surface area contributed by atoms with Crippen molar-refractivity contribution in [2.75, 3.05) is 44.2 Å². The third-order valence-corrected chi connectivity index (χ3v) is 5.12. The second kappa shape index (κ2) is 6.81. The minimum atomic E-state index is -0.446. The van der Waals surface area contributed by atoms with Crippen molar-refractivity contribution >= 4 is 11.9 Å². The zero-order chi connectivity index (χ0) is 17.3. The van der Waals surface area contributed by atoms with Crippen molar-refractivity contribution in [1.29, 1.82) is 0 Å². The van der Waals surface area contributed by atoms with Crippen LogP contribution in [0.25, 0.3) is 0 Å². The van der Waals surface area contributed by atoms with Crippen LogP contribution in [0.3, 0.4) is 0 Å². The van der Waals surface area contributed by atoms with Crippen LogP contribution in [0, 0.1) is 5.82 Å². The lowest BCUT2D eigenvalue weighted by molar-refractivity contribution is -0.153. The summed E-state index contributed by atoms with van der Waals surface area (Å²) in [5, 5.41) is 0. The van der Waals surface area contributed by atoms with Gasteiger partial charge >= 0.3 is 0 Å². The van der Waals surface area contributed by atoms with Crippen LogP contribution in [0.2, 0.25) is 0 Å². The molecule has 9 heteroatoms. The van der Waals surface area contributed by atoms with Crippen LogP contribution < -0.4 is 15.8 Å². The van der Waals surface area contributed by atoms with Crippen molar-refractivity contribution in [2.45, 2.75) is 30.9 Å². The van der Waals surface area contributed by atoms with Gasteiger partial charge in [-0.1, -0.05) is 0 Å². The summed E-state index contributed by atoms with van der Waals surface area (Å²) in [5.41, 5.74) is 5.64. The molecule has 1 spiro atoms. The predicted molar refractivity (Wildman–Crippen MR) is 88.2 cm³/mol. The summed E-state index contributed by atoms with van der Waals surface area (Å²) in [6.45, 7) is 3.94. The van der Waals surface area contributed by atoms with Gasteiger partial charge in [0.1, 0.15) is 11.6 Å². The maximum Gasteiger partial charge on any atom is 0.241 e. The summed E-state index contributed by atoms with van der Waals surface area (Å²) in [7, 11) is 0. The molecule has 1 amide bonds. The molecule has 4 heterocycles. The molecule has 0 saturated carbocycles. The third-order valence-electron chi connectivity index (χ3n) is 5.12. The number of halogens is 1. The van der Waals surface area contributed by atoms with Gasteiger partial charge in [-0.25, -0.2) is 19.8 Å². The Bertz CT molecular complexity index is 620. The van der Waals surface area contributed by atoms with E-state index < -0.39 is 11.4 Å². The number of morpholine rings is 1. The molecule has 0 bridgehead atoms. The summed E-state index contributed by atoms with van der Waals surface area (Å²) in [6.07, 6.45) is 4.98. The van der Waals surface area contributed by atoms with Gasteiger partial charge in [-0.2, -0.15) is 0 Å². The first kappa shape index (κ1) is 16.6. The summed E-state index contributed by atoms with van der Waals surface area (Å²) in [4.78, 5) is 24.8. The van der Waals surface area contributed by atoms with E-state index in [-0.39, 0.29) is 11.9 Å². The molecule has 136 valence electrons. The van der Waals surface area contributed by atoms with Crippen molar-refractivity contribution in [1.82, 2.24) is 25.7 Å². The quantitative estimate of drug-likeness (QED) is 0.756. The zero-order valence-electron chi connectivity index (χ0n) is 14.1. The highest BCUT2D eigenvalue weighted by atomic mass is 19.1. The SMILES string of the molecule is O=C(C1CCNN1)N1CCOC2(CCCN(c3ncc(F)cn3)C2)C1. The molecule has 0 aliphatic carbocycles. The van der Waals surface area contributed by atoms with Crippen LogP contribution in [0.5, 0.6) is 0 Å². The Balaban J connectivity index is 1.46. The van der Waals surface area contributed by atoms with Gasteiger partial charge in [0.05, 0.1) is 32.1 Å². The Morgan fingerprint density at radius 1 is 1.32 bits per heavy atom. The lowest BCUT2D eigenvalue weighted by Crippen LogP contribution is -2.62. The summed E-state index contributed by atoms with van der Waals surface area (Å²) in [6, 6.07) is -0.157. The highest BCUT2D eigenvalue weighted by Gasteiger charge is 2.43. The number of aromatic nitrogens is 2. The molecule has 1 aromatic heterocycles. The number of nitrogens with zero attached hydrogens (tertiary/aromatic N) is 4. The standard InChI is InChI=1S/C16H23FN6O2/c17-12-8-18-15(19-9-12)23-5-1-3-16(11-23)10-22(6-7-25-16)14(24)13-2-4-20-21-13/h8-9,13,20-21H,1-7,10-11H2. The Morgan fingerprint density at radius 2 is 2.16 bits per heavy atom. The first-order valence-electron chi connectivity index (χ1n) is 8.79. The van der Waals surface area contributed by atoms with Crippen molar-refractivity contribution in [3.8, 4) is 0 Å². The topological polar surface area (TPSA) is 82.6 Å². The van der Waals surface area contributed by atoms with Gasteiger partial charge in [0, 0.05) is 19.6 Å². The van der Waals surface area contributed by atoms with Crippen molar-refractivity contribution in [3.05, 3.63) is 18.2 Å². The lowest BCUT2D eigenvalue weighted by Gasteiger charge is -2.48. The number of hydrogen-bond donors (Lipinski definition) is 2. The van der Waals surface area contributed by atoms with Crippen molar-refractivity contribution in [3.63, 3.8) is 0 Å². The summed E-state index contributed by atoms with van der Waals surface area (Å²) < 4.78 is 19.2. The fourth-order valence-corrected chi connectivity index (χ4v) is 3.91. The first-order valence-corrected chi connectivity index (χ1v) is 8.79. The van der Waals surface area contributed by atoms with E-state index in [9.17, 15) is 9.18 Å². The smallest absolute Gasteiger partial charge is 0.241 e. The molecule has 2 N–H and O–H groups in total. The average molecular weight is 350 g/mol. The van der Waals surface area contributed by atoms with Crippen LogP contribution in [0.1, 0.15) is 19.3 Å². The molecule has 1 aromatic rings. The Hall–Kier alpha value is -1.84. The number of rotatable bonds is 2. The highest BCUT2D eigenvalue weighted by molar-refractivity contribution is 5.82.